The van der Waals surface area contributed by atoms with Gasteiger partial charge in [-0.05, 0) is 37.1 Å². The number of benzene rings is 2. The van der Waals surface area contributed by atoms with Crippen LogP contribution < -0.4 is 4.90 Å². The van der Waals surface area contributed by atoms with E-state index in [1.807, 2.05) is 22.5 Å². The number of imidazole rings is 1. The van der Waals surface area contributed by atoms with Gasteiger partial charge < -0.3 is 9.47 Å². The van der Waals surface area contributed by atoms with Crippen molar-refractivity contribution < 1.29 is 4.39 Å². The van der Waals surface area contributed by atoms with E-state index >= 15 is 0 Å². The smallest absolute Gasteiger partial charge is 0.211 e. The van der Waals surface area contributed by atoms with E-state index in [0.29, 0.717) is 32.6 Å². The van der Waals surface area contributed by atoms with E-state index in [4.69, 9.17) is 39.8 Å². The molecule has 3 nitrogen and oxygen atoms in total. The quantitative estimate of drug-likeness (QED) is 0.463. The SMILES string of the molecule is CCC(F)c1ccc(Cl)c2nc3n(c12)CCCN3c1ccc(Cl)cc1Cl. The van der Waals surface area contributed by atoms with Gasteiger partial charge in [-0.25, -0.2) is 9.37 Å². The summed E-state index contributed by atoms with van der Waals surface area (Å²) in [5.41, 5.74) is 2.87. The van der Waals surface area contributed by atoms with Crippen LogP contribution in [0.5, 0.6) is 0 Å². The zero-order valence-corrected chi connectivity index (χ0v) is 16.4. The van der Waals surface area contributed by atoms with Crippen molar-refractivity contribution >= 4 is 57.5 Å². The van der Waals surface area contributed by atoms with Gasteiger partial charge in [0.05, 0.1) is 21.2 Å². The molecule has 0 aliphatic carbocycles. The molecule has 1 unspecified atom stereocenters. The van der Waals surface area contributed by atoms with Gasteiger partial charge in [-0.15, -0.1) is 0 Å². The average molecular weight is 413 g/mol. The first-order valence-electron chi connectivity index (χ1n) is 8.56. The number of fused-ring (bicyclic) bond motifs is 3. The van der Waals surface area contributed by atoms with Gasteiger partial charge in [-0.1, -0.05) is 47.8 Å². The lowest BCUT2D eigenvalue weighted by atomic mass is 10.1. The highest BCUT2D eigenvalue weighted by atomic mass is 35.5. The minimum Gasteiger partial charge on any atom is -0.310 e. The zero-order valence-electron chi connectivity index (χ0n) is 14.1. The van der Waals surface area contributed by atoms with Gasteiger partial charge in [-0.2, -0.15) is 0 Å². The second-order valence-corrected chi connectivity index (χ2v) is 7.62. The molecule has 1 aromatic heterocycles. The maximum atomic E-state index is 14.6. The van der Waals surface area contributed by atoms with E-state index in [1.165, 1.54) is 0 Å². The number of aromatic nitrogens is 2. The summed E-state index contributed by atoms with van der Waals surface area (Å²) < 4.78 is 16.6. The fraction of sp³-hybridized carbons (Fsp3) is 0.316. The van der Waals surface area contributed by atoms with Crippen LogP contribution in [-0.2, 0) is 6.54 Å². The molecule has 0 fully saturated rings. The van der Waals surface area contributed by atoms with Gasteiger partial charge in [0, 0.05) is 23.7 Å². The lowest BCUT2D eigenvalue weighted by molar-refractivity contribution is 0.336. The molecule has 0 spiro atoms. The van der Waals surface area contributed by atoms with E-state index in [0.717, 1.165) is 36.7 Å². The van der Waals surface area contributed by atoms with Gasteiger partial charge in [0.1, 0.15) is 11.7 Å². The van der Waals surface area contributed by atoms with Crippen LogP contribution in [0.2, 0.25) is 15.1 Å². The van der Waals surface area contributed by atoms with Gasteiger partial charge in [0.25, 0.3) is 0 Å². The molecule has 0 N–H and O–H groups in total. The van der Waals surface area contributed by atoms with Crippen LogP contribution >= 0.6 is 34.8 Å². The number of hydrogen-bond donors (Lipinski definition) is 0. The standard InChI is InChI=1S/C19H17Cl3FN3/c1-2-15(23)12-5-6-13(21)17-18(12)26-9-3-8-25(19(26)24-17)16-7-4-11(20)10-14(16)22/h4-7,10,15H,2-3,8-9H2,1H3. The Morgan fingerprint density at radius 2 is 1.92 bits per heavy atom. The number of hydrogen-bond acceptors (Lipinski definition) is 2. The first kappa shape index (κ1) is 17.9. The van der Waals surface area contributed by atoms with Crippen molar-refractivity contribution in [2.24, 2.45) is 0 Å². The van der Waals surface area contributed by atoms with Crippen molar-refractivity contribution in [3.8, 4) is 0 Å². The van der Waals surface area contributed by atoms with Crippen molar-refractivity contribution in [1.29, 1.82) is 0 Å². The van der Waals surface area contributed by atoms with Crippen molar-refractivity contribution in [2.45, 2.75) is 32.5 Å². The maximum Gasteiger partial charge on any atom is 0.211 e. The topological polar surface area (TPSA) is 21.1 Å². The molecular weight excluding hydrogens is 396 g/mol. The molecule has 0 saturated carbocycles. The lowest BCUT2D eigenvalue weighted by Gasteiger charge is -2.30. The van der Waals surface area contributed by atoms with Crippen molar-refractivity contribution in [1.82, 2.24) is 9.55 Å². The van der Waals surface area contributed by atoms with E-state index in [9.17, 15) is 4.39 Å². The third-order valence-electron chi connectivity index (χ3n) is 4.76. The monoisotopic (exact) mass is 411 g/mol. The van der Waals surface area contributed by atoms with Crippen molar-refractivity contribution in [2.75, 3.05) is 11.4 Å². The van der Waals surface area contributed by atoms with Crippen LogP contribution in [0.15, 0.2) is 30.3 Å². The number of aryl methyl sites for hydroxylation is 1. The Labute approximate surface area is 166 Å². The molecule has 2 aromatic carbocycles. The molecule has 1 aliphatic heterocycles. The molecule has 136 valence electrons. The molecule has 26 heavy (non-hydrogen) atoms. The predicted molar refractivity (Wildman–Crippen MR) is 107 cm³/mol. The summed E-state index contributed by atoms with van der Waals surface area (Å²) in [5, 5.41) is 1.66. The van der Waals surface area contributed by atoms with E-state index in [1.54, 1.807) is 24.3 Å². The largest absolute Gasteiger partial charge is 0.310 e. The number of alkyl halides is 1. The Bertz CT molecular complexity index is 986. The highest BCUT2D eigenvalue weighted by Crippen LogP contribution is 2.41. The third kappa shape index (κ3) is 2.84. The van der Waals surface area contributed by atoms with E-state index < -0.39 is 6.17 Å². The third-order valence-corrected chi connectivity index (χ3v) is 5.60. The van der Waals surface area contributed by atoms with Crippen LogP contribution in [-0.4, -0.2) is 16.1 Å². The molecule has 2 heterocycles. The highest BCUT2D eigenvalue weighted by Gasteiger charge is 2.27. The molecule has 0 radical (unpaired) electrons. The second kappa shape index (κ2) is 6.91. The van der Waals surface area contributed by atoms with Gasteiger partial charge in [0.2, 0.25) is 5.95 Å². The molecule has 0 bridgehead atoms. The van der Waals surface area contributed by atoms with Crippen LogP contribution in [0.3, 0.4) is 0 Å². The van der Waals surface area contributed by atoms with Gasteiger partial charge in [0.15, 0.2) is 0 Å². The molecular formula is C19H17Cl3FN3. The minimum absolute atomic E-state index is 0.407. The van der Waals surface area contributed by atoms with Gasteiger partial charge >= 0.3 is 0 Å². The van der Waals surface area contributed by atoms with Crippen LogP contribution in [0.1, 0.15) is 31.5 Å². The molecule has 1 aliphatic rings. The van der Waals surface area contributed by atoms with E-state index in [2.05, 4.69) is 0 Å². The Morgan fingerprint density at radius 3 is 2.65 bits per heavy atom. The summed E-state index contributed by atoms with van der Waals surface area (Å²) in [4.78, 5) is 6.79. The maximum absolute atomic E-state index is 14.6. The van der Waals surface area contributed by atoms with Crippen LogP contribution in [0.25, 0.3) is 11.0 Å². The zero-order chi connectivity index (χ0) is 18.4. The van der Waals surface area contributed by atoms with Gasteiger partial charge in [-0.3, -0.25) is 0 Å². The average Bonchev–Trinajstić information content (AvgIpc) is 3.02. The Hall–Kier alpha value is -1.49. The first-order chi connectivity index (χ1) is 12.5. The number of nitrogens with zero attached hydrogens (tertiary/aromatic N) is 3. The Balaban J connectivity index is 1.94. The molecule has 0 amide bonds. The lowest BCUT2D eigenvalue weighted by Crippen LogP contribution is -2.28. The summed E-state index contributed by atoms with van der Waals surface area (Å²) in [6.07, 6.45) is 0.251. The van der Waals surface area contributed by atoms with Crippen molar-refractivity contribution in [3.63, 3.8) is 0 Å². The number of anilines is 2. The van der Waals surface area contributed by atoms with E-state index in [-0.39, 0.29) is 0 Å². The molecule has 0 saturated heterocycles. The first-order valence-corrected chi connectivity index (χ1v) is 9.70. The minimum atomic E-state index is -1.05. The molecule has 7 heteroatoms. The molecule has 3 aromatic rings. The molecule has 4 rings (SSSR count). The second-order valence-electron chi connectivity index (χ2n) is 6.37. The summed E-state index contributed by atoms with van der Waals surface area (Å²) >= 11 is 18.8. The molecule has 1 atom stereocenters. The van der Waals surface area contributed by atoms with Crippen molar-refractivity contribution in [3.05, 3.63) is 51.0 Å². The normalized spacial score (nSPS) is 15.3. The van der Waals surface area contributed by atoms with Crippen LogP contribution in [0, 0.1) is 0 Å². The summed E-state index contributed by atoms with van der Waals surface area (Å²) in [6.45, 7) is 3.36. The predicted octanol–water partition coefficient (Wildman–Crippen LogP) is 6.96. The summed E-state index contributed by atoms with van der Waals surface area (Å²) in [7, 11) is 0. The fourth-order valence-corrected chi connectivity index (χ4v) is 4.23. The Morgan fingerprint density at radius 1 is 1.12 bits per heavy atom. The summed E-state index contributed by atoms with van der Waals surface area (Å²) in [5.74, 6) is 0.730. The number of rotatable bonds is 3. The summed E-state index contributed by atoms with van der Waals surface area (Å²) in [6, 6.07) is 8.89. The fourth-order valence-electron chi connectivity index (χ4n) is 3.53. The number of halogens is 4. The highest BCUT2D eigenvalue weighted by molar-refractivity contribution is 6.36. The van der Waals surface area contributed by atoms with Crippen LogP contribution in [0.4, 0.5) is 16.0 Å². The Kier molecular flexibility index (Phi) is 4.76.